The number of nitrogens with one attached hydrogen (secondary N) is 1. The normalized spacial score (nSPS) is 15.7. The molecule has 1 atom stereocenters. The van der Waals surface area contributed by atoms with Crippen LogP contribution in [0.3, 0.4) is 0 Å². The summed E-state index contributed by atoms with van der Waals surface area (Å²) >= 11 is 0. The molecule has 1 N–H and O–H groups in total. The number of aryl methyl sites for hydroxylation is 2. The van der Waals surface area contributed by atoms with Crippen LogP contribution in [0.4, 0.5) is 0 Å². The van der Waals surface area contributed by atoms with Gasteiger partial charge in [0.25, 0.3) is 0 Å². The molecule has 1 aliphatic heterocycles. The Labute approximate surface area is 147 Å². The molecule has 0 unspecified atom stereocenters. The lowest BCUT2D eigenvalue weighted by Crippen LogP contribution is -2.48. The van der Waals surface area contributed by atoms with Crippen molar-refractivity contribution in [3.05, 3.63) is 46.8 Å². The molecule has 0 spiro atoms. The highest BCUT2D eigenvalue weighted by Gasteiger charge is 2.31. The second kappa shape index (κ2) is 6.61. The molecule has 3 rings (SSSR count). The number of benzene rings is 1. The van der Waals surface area contributed by atoms with Crippen molar-refractivity contribution in [3.8, 4) is 0 Å². The zero-order valence-electron chi connectivity index (χ0n) is 14.4. The number of rotatable bonds is 4. The lowest BCUT2D eigenvalue weighted by Gasteiger charge is -2.31. The topological polar surface area (TPSA) is 92.5 Å². The van der Waals surface area contributed by atoms with E-state index >= 15 is 0 Å². The SMILES string of the molecule is Cc1noc(C)c1S(=O)(=O)N[C@@H](C)C(=O)N1CCc2ccccc2C1. The molecule has 7 nitrogen and oxygen atoms in total. The number of fused-ring (bicyclic) bond motifs is 1. The van der Waals surface area contributed by atoms with Gasteiger partial charge in [-0.1, -0.05) is 29.4 Å². The van der Waals surface area contributed by atoms with Crippen LogP contribution in [0.2, 0.25) is 0 Å². The smallest absolute Gasteiger partial charge is 0.246 e. The predicted molar refractivity (Wildman–Crippen MR) is 91.3 cm³/mol. The van der Waals surface area contributed by atoms with Gasteiger partial charge in [-0.25, -0.2) is 8.42 Å². The summed E-state index contributed by atoms with van der Waals surface area (Å²) in [6.45, 7) is 5.71. The fourth-order valence-electron chi connectivity index (χ4n) is 3.16. The van der Waals surface area contributed by atoms with E-state index in [1.807, 2.05) is 18.2 Å². The molecule has 134 valence electrons. The van der Waals surface area contributed by atoms with Gasteiger partial charge in [0.2, 0.25) is 15.9 Å². The molecule has 1 aliphatic rings. The van der Waals surface area contributed by atoms with Crippen LogP contribution in [0.25, 0.3) is 0 Å². The van der Waals surface area contributed by atoms with Crippen LogP contribution in [0.5, 0.6) is 0 Å². The van der Waals surface area contributed by atoms with Crippen LogP contribution >= 0.6 is 0 Å². The van der Waals surface area contributed by atoms with Crippen molar-refractivity contribution >= 4 is 15.9 Å². The minimum absolute atomic E-state index is 0.00357. The Bertz CT molecular complexity index is 885. The molecule has 0 saturated carbocycles. The molecule has 8 heteroatoms. The summed E-state index contributed by atoms with van der Waals surface area (Å²) in [5, 5.41) is 3.66. The Morgan fingerprint density at radius 2 is 1.96 bits per heavy atom. The number of nitrogens with zero attached hydrogens (tertiary/aromatic N) is 2. The predicted octanol–water partition coefficient (Wildman–Crippen LogP) is 1.54. The van der Waals surface area contributed by atoms with Gasteiger partial charge in [-0.3, -0.25) is 4.79 Å². The Hall–Kier alpha value is -2.19. The molecule has 1 aromatic heterocycles. The lowest BCUT2D eigenvalue weighted by atomic mass is 9.99. The third-order valence-electron chi connectivity index (χ3n) is 4.38. The standard InChI is InChI=1S/C17H21N3O4S/c1-11-16(13(3)24-18-11)25(22,23)19-12(2)17(21)20-9-8-14-6-4-5-7-15(14)10-20/h4-7,12,19H,8-10H2,1-3H3/t12-/m0/s1. The summed E-state index contributed by atoms with van der Waals surface area (Å²) in [6.07, 6.45) is 0.769. The molecule has 0 aliphatic carbocycles. The molecule has 2 heterocycles. The van der Waals surface area contributed by atoms with E-state index in [4.69, 9.17) is 4.52 Å². The van der Waals surface area contributed by atoms with Crippen molar-refractivity contribution in [2.75, 3.05) is 6.54 Å². The van der Waals surface area contributed by atoms with E-state index in [2.05, 4.69) is 15.9 Å². The Morgan fingerprint density at radius 1 is 1.28 bits per heavy atom. The number of aromatic nitrogens is 1. The van der Waals surface area contributed by atoms with E-state index in [9.17, 15) is 13.2 Å². The zero-order valence-corrected chi connectivity index (χ0v) is 15.3. The fraction of sp³-hybridized carbons (Fsp3) is 0.412. The van der Waals surface area contributed by atoms with Crippen molar-refractivity contribution in [1.29, 1.82) is 0 Å². The summed E-state index contributed by atoms with van der Waals surface area (Å²) in [4.78, 5) is 14.4. The maximum Gasteiger partial charge on any atom is 0.246 e. The number of hydrogen-bond acceptors (Lipinski definition) is 5. The van der Waals surface area contributed by atoms with Gasteiger partial charge in [-0.2, -0.15) is 4.72 Å². The van der Waals surface area contributed by atoms with Gasteiger partial charge in [0.15, 0.2) is 5.76 Å². The average molecular weight is 363 g/mol. The van der Waals surface area contributed by atoms with E-state index in [1.54, 1.807) is 18.7 Å². The highest BCUT2D eigenvalue weighted by molar-refractivity contribution is 7.89. The molecule has 1 amide bonds. The van der Waals surface area contributed by atoms with Crippen molar-refractivity contribution in [2.45, 2.75) is 44.7 Å². The van der Waals surface area contributed by atoms with Crippen LogP contribution in [0, 0.1) is 13.8 Å². The Balaban J connectivity index is 1.73. The van der Waals surface area contributed by atoms with Crippen molar-refractivity contribution in [2.24, 2.45) is 0 Å². The third-order valence-corrected chi connectivity index (χ3v) is 6.17. The second-order valence-corrected chi connectivity index (χ2v) is 7.93. The Morgan fingerprint density at radius 3 is 2.60 bits per heavy atom. The summed E-state index contributed by atoms with van der Waals surface area (Å²) in [6, 6.07) is 7.10. The molecule has 0 bridgehead atoms. The first-order valence-electron chi connectivity index (χ1n) is 8.10. The van der Waals surface area contributed by atoms with E-state index in [-0.39, 0.29) is 22.3 Å². The minimum Gasteiger partial charge on any atom is -0.360 e. The average Bonchev–Trinajstić information content (AvgIpc) is 2.92. The Kier molecular flexibility index (Phi) is 4.66. The number of amides is 1. The first-order valence-corrected chi connectivity index (χ1v) is 9.58. The van der Waals surface area contributed by atoms with Crippen LogP contribution in [0.1, 0.15) is 29.5 Å². The number of sulfonamides is 1. The van der Waals surface area contributed by atoms with Crippen LogP contribution in [-0.4, -0.2) is 37.0 Å². The summed E-state index contributed by atoms with van der Waals surface area (Å²) in [7, 11) is -3.88. The molecular weight excluding hydrogens is 342 g/mol. The quantitative estimate of drug-likeness (QED) is 0.890. The van der Waals surface area contributed by atoms with Crippen molar-refractivity contribution in [1.82, 2.24) is 14.8 Å². The van der Waals surface area contributed by atoms with Crippen LogP contribution in [-0.2, 0) is 27.8 Å². The zero-order chi connectivity index (χ0) is 18.2. The fourth-order valence-corrected chi connectivity index (χ4v) is 4.68. The van der Waals surface area contributed by atoms with E-state index < -0.39 is 16.1 Å². The van der Waals surface area contributed by atoms with E-state index in [0.717, 1.165) is 12.0 Å². The molecule has 0 radical (unpaired) electrons. The second-order valence-electron chi connectivity index (χ2n) is 6.27. The first kappa shape index (κ1) is 17.6. The molecular formula is C17H21N3O4S. The lowest BCUT2D eigenvalue weighted by molar-refractivity contribution is -0.133. The maximum atomic E-state index is 12.7. The summed E-state index contributed by atoms with van der Waals surface area (Å²) in [5.41, 5.74) is 2.61. The molecule has 0 saturated heterocycles. The molecule has 0 fully saturated rings. The van der Waals surface area contributed by atoms with Gasteiger partial charge in [0.05, 0.1) is 6.04 Å². The maximum absolute atomic E-state index is 12.7. The molecule has 2 aromatic rings. The van der Waals surface area contributed by atoms with Gasteiger partial charge in [-0.15, -0.1) is 0 Å². The van der Waals surface area contributed by atoms with Gasteiger partial charge >= 0.3 is 0 Å². The molecule has 1 aromatic carbocycles. The minimum atomic E-state index is -3.88. The number of hydrogen-bond donors (Lipinski definition) is 1. The van der Waals surface area contributed by atoms with E-state index in [0.29, 0.717) is 13.1 Å². The van der Waals surface area contributed by atoms with Crippen molar-refractivity contribution < 1.29 is 17.7 Å². The van der Waals surface area contributed by atoms with Gasteiger partial charge in [-0.05, 0) is 38.3 Å². The van der Waals surface area contributed by atoms with Gasteiger partial charge in [0, 0.05) is 13.1 Å². The highest BCUT2D eigenvalue weighted by Crippen LogP contribution is 2.21. The van der Waals surface area contributed by atoms with Gasteiger partial charge in [0.1, 0.15) is 10.6 Å². The largest absolute Gasteiger partial charge is 0.360 e. The summed E-state index contributed by atoms with van der Waals surface area (Å²) in [5.74, 6) is -0.0404. The van der Waals surface area contributed by atoms with Crippen molar-refractivity contribution in [3.63, 3.8) is 0 Å². The third kappa shape index (κ3) is 3.45. The van der Waals surface area contributed by atoms with Gasteiger partial charge < -0.3 is 9.42 Å². The van der Waals surface area contributed by atoms with Crippen LogP contribution in [0.15, 0.2) is 33.7 Å². The van der Waals surface area contributed by atoms with E-state index in [1.165, 1.54) is 12.5 Å². The summed E-state index contributed by atoms with van der Waals surface area (Å²) < 4.78 is 32.5. The van der Waals surface area contributed by atoms with Crippen LogP contribution < -0.4 is 4.72 Å². The monoisotopic (exact) mass is 363 g/mol. The molecule has 25 heavy (non-hydrogen) atoms. The highest BCUT2D eigenvalue weighted by atomic mass is 32.2. The number of carbonyl (C=O) groups is 1. The first-order chi connectivity index (χ1) is 11.8. The number of carbonyl (C=O) groups excluding carboxylic acids is 1.